The second-order valence-electron chi connectivity index (χ2n) is 8.20. The molecule has 33 heavy (non-hydrogen) atoms. The number of hydrogen-bond acceptors (Lipinski definition) is 6. The number of hydrogen-bond donors (Lipinski definition) is 3. The molecule has 0 amide bonds. The number of fused-ring (bicyclic) bond motifs is 1. The summed E-state index contributed by atoms with van der Waals surface area (Å²) < 4.78 is 1.84. The van der Waals surface area contributed by atoms with E-state index in [0.717, 1.165) is 12.0 Å². The van der Waals surface area contributed by atoms with Crippen molar-refractivity contribution in [3.05, 3.63) is 83.9 Å². The highest BCUT2D eigenvalue weighted by atomic mass is 16.3. The van der Waals surface area contributed by atoms with Crippen LogP contribution in [0.4, 0.5) is 5.82 Å². The number of aliphatic hydroxyl groups is 2. The van der Waals surface area contributed by atoms with Gasteiger partial charge in [0, 0.05) is 12.1 Å². The number of nitrogens with one attached hydrogen (secondary N) is 1. The Morgan fingerprint density at radius 3 is 2.42 bits per heavy atom. The third-order valence-corrected chi connectivity index (χ3v) is 5.97. The van der Waals surface area contributed by atoms with Crippen LogP contribution in [0.25, 0.3) is 11.2 Å². The van der Waals surface area contributed by atoms with Crippen LogP contribution in [0.15, 0.2) is 67.0 Å². The molecular formula is C26H25N5O2. The largest absolute Gasteiger partial charge is 0.390 e. The van der Waals surface area contributed by atoms with Crippen LogP contribution in [0.2, 0.25) is 0 Å². The van der Waals surface area contributed by atoms with Gasteiger partial charge in [-0.25, -0.2) is 15.0 Å². The molecule has 1 fully saturated rings. The summed E-state index contributed by atoms with van der Waals surface area (Å²) >= 11 is 0. The molecule has 7 nitrogen and oxygen atoms in total. The monoisotopic (exact) mass is 439 g/mol. The van der Waals surface area contributed by atoms with Crippen molar-refractivity contribution in [2.24, 2.45) is 0 Å². The quantitative estimate of drug-likeness (QED) is 0.414. The summed E-state index contributed by atoms with van der Waals surface area (Å²) in [5.74, 6) is 7.16. The van der Waals surface area contributed by atoms with Crippen LogP contribution >= 0.6 is 0 Å². The molecule has 2 aromatic heterocycles. The fourth-order valence-corrected chi connectivity index (χ4v) is 4.20. The number of aromatic nitrogens is 4. The predicted molar refractivity (Wildman–Crippen MR) is 127 cm³/mol. The molecule has 1 saturated carbocycles. The highest BCUT2D eigenvalue weighted by Crippen LogP contribution is 2.33. The molecule has 4 aromatic rings. The number of nitrogens with zero attached hydrogens (tertiary/aromatic N) is 4. The van der Waals surface area contributed by atoms with Crippen molar-refractivity contribution in [2.75, 3.05) is 11.9 Å². The fourth-order valence-electron chi connectivity index (χ4n) is 4.20. The van der Waals surface area contributed by atoms with Crippen molar-refractivity contribution in [3.63, 3.8) is 0 Å². The number of benzene rings is 2. The smallest absolute Gasteiger partial charge is 0.209 e. The molecule has 2 aromatic carbocycles. The van der Waals surface area contributed by atoms with Gasteiger partial charge in [0.25, 0.3) is 0 Å². The molecule has 0 saturated heterocycles. The first-order chi connectivity index (χ1) is 16.2. The van der Waals surface area contributed by atoms with Crippen LogP contribution in [0.1, 0.15) is 35.8 Å². The van der Waals surface area contributed by atoms with Gasteiger partial charge in [0.2, 0.25) is 5.82 Å². The average molecular weight is 440 g/mol. The fraction of sp³-hybridized carbons (Fsp3) is 0.269. The number of rotatable bonds is 5. The van der Waals surface area contributed by atoms with E-state index in [0.29, 0.717) is 42.2 Å². The Kier molecular flexibility index (Phi) is 6.03. The standard InChI is InChI=1S/C26H25N5O2/c32-21-13-12-20(24(21)33)31-17-28-23-25(27-16-15-19-9-5-2-6-10-19)29-22(30-26(23)31)14-11-18-7-3-1-4-8-18/h1-10,17,20-21,24,32-33H,12-13,15-16H2,(H,27,29,30)/t20-,21-,24+/m1/s1. The predicted octanol–water partition coefficient (Wildman–Crippen LogP) is 2.94. The van der Waals surface area contributed by atoms with Crippen LogP contribution in [0.3, 0.4) is 0 Å². The Balaban J connectivity index is 1.49. The lowest BCUT2D eigenvalue weighted by molar-refractivity contribution is 0.0241. The molecular weight excluding hydrogens is 414 g/mol. The SMILES string of the molecule is O[C@@H]1[C@H](O)CC[C@H]1n1cnc2c(NCCc3ccccc3)nc(C#Cc3ccccc3)nc21. The molecule has 1 aliphatic carbocycles. The van der Waals surface area contributed by atoms with E-state index < -0.39 is 12.2 Å². The summed E-state index contributed by atoms with van der Waals surface area (Å²) in [6.07, 6.45) is 2.10. The first-order valence-corrected chi connectivity index (χ1v) is 11.1. The normalized spacial score (nSPS) is 19.9. The molecule has 0 spiro atoms. The van der Waals surface area contributed by atoms with E-state index >= 15 is 0 Å². The van der Waals surface area contributed by atoms with Gasteiger partial charge in [-0.1, -0.05) is 54.5 Å². The summed E-state index contributed by atoms with van der Waals surface area (Å²) in [7, 11) is 0. The van der Waals surface area contributed by atoms with Crippen LogP contribution < -0.4 is 5.32 Å². The Hall–Kier alpha value is -3.73. The summed E-state index contributed by atoms with van der Waals surface area (Å²) in [4.78, 5) is 13.8. The Morgan fingerprint density at radius 1 is 0.939 bits per heavy atom. The molecule has 0 radical (unpaired) electrons. The molecule has 0 unspecified atom stereocenters. The zero-order valence-electron chi connectivity index (χ0n) is 18.1. The molecule has 3 atom stereocenters. The lowest BCUT2D eigenvalue weighted by Gasteiger charge is -2.18. The van der Waals surface area contributed by atoms with Crippen molar-refractivity contribution in [1.29, 1.82) is 0 Å². The Bertz CT molecular complexity index is 1290. The van der Waals surface area contributed by atoms with Gasteiger partial charge < -0.3 is 20.1 Å². The third-order valence-electron chi connectivity index (χ3n) is 5.97. The van der Waals surface area contributed by atoms with Gasteiger partial charge in [-0.3, -0.25) is 0 Å². The minimum absolute atomic E-state index is 0.285. The lowest BCUT2D eigenvalue weighted by Crippen LogP contribution is -2.27. The Morgan fingerprint density at radius 2 is 1.70 bits per heavy atom. The molecule has 0 bridgehead atoms. The lowest BCUT2D eigenvalue weighted by atomic mass is 10.1. The summed E-state index contributed by atoms with van der Waals surface area (Å²) in [6.45, 7) is 0.680. The van der Waals surface area contributed by atoms with Gasteiger partial charge in [0.05, 0.1) is 18.5 Å². The second-order valence-corrected chi connectivity index (χ2v) is 8.20. The van der Waals surface area contributed by atoms with Gasteiger partial charge in [-0.2, -0.15) is 0 Å². The van der Waals surface area contributed by atoms with Crippen LogP contribution in [-0.2, 0) is 6.42 Å². The Labute approximate surface area is 192 Å². The highest BCUT2D eigenvalue weighted by molar-refractivity contribution is 5.83. The number of aliphatic hydroxyl groups excluding tert-OH is 2. The molecule has 3 N–H and O–H groups in total. The van der Waals surface area contributed by atoms with Crippen molar-refractivity contribution < 1.29 is 10.2 Å². The highest BCUT2D eigenvalue weighted by Gasteiger charge is 2.35. The zero-order valence-corrected chi connectivity index (χ0v) is 18.1. The van der Waals surface area contributed by atoms with Crippen molar-refractivity contribution in [3.8, 4) is 11.8 Å². The second kappa shape index (κ2) is 9.41. The van der Waals surface area contributed by atoms with Gasteiger partial charge in [-0.15, -0.1) is 0 Å². The number of anilines is 1. The molecule has 166 valence electrons. The van der Waals surface area contributed by atoms with Crippen molar-refractivity contribution in [1.82, 2.24) is 19.5 Å². The van der Waals surface area contributed by atoms with Gasteiger partial charge >= 0.3 is 0 Å². The molecule has 2 heterocycles. The van der Waals surface area contributed by atoms with Crippen LogP contribution in [0.5, 0.6) is 0 Å². The first-order valence-electron chi connectivity index (χ1n) is 11.1. The first kappa shape index (κ1) is 21.1. The van der Waals surface area contributed by atoms with E-state index in [4.69, 9.17) is 0 Å². The van der Waals surface area contributed by atoms with E-state index in [-0.39, 0.29) is 6.04 Å². The maximum Gasteiger partial charge on any atom is 0.209 e. The van der Waals surface area contributed by atoms with Crippen molar-refractivity contribution >= 4 is 17.0 Å². The maximum absolute atomic E-state index is 10.5. The van der Waals surface area contributed by atoms with E-state index in [1.807, 2.05) is 53.1 Å². The summed E-state index contributed by atoms with van der Waals surface area (Å²) in [5, 5.41) is 23.9. The van der Waals surface area contributed by atoms with Crippen LogP contribution in [-0.4, -0.2) is 48.5 Å². The number of imidazole rings is 1. The van der Waals surface area contributed by atoms with Gasteiger partial charge in [0.15, 0.2) is 17.0 Å². The minimum atomic E-state index is -0.856. The van der Waals surface area contributed by atoms with Crippen LogP contribution in [0, 0.1) is 11.8 Å². The van der Waals surface area contributed by atoms with E-state index in [2.05, 4.69) is 44.2 Å². The third kappa shape index (κ3) is 4.58. The van der Waals surface area contributed by atoms with Gasteiger partial charge in [-0.05, 0) is 42.9 Å². The average Bonchev–Trinajstić information content (AvgIpc) is 3.42. The van der Waals surface area contributed by atoms with Crippen molar-refractivity contribution in [2.45, 2.75) is 37.5 Å². The van der Waals surface area contributed by atoms with Gasteiger partial charge in [0.1, 0.15) is 6.10 Å². The zero-order chi connectivity index (χ0) is 22.6. The van der Waals surface area contributed by atoms with E-state index in [9.17, 15) is 10.2 Å². The van der Waals surface area contributed by atoms with E-state index in [1.54, 1.807) is 6.33 Å². The maximum atomic E-state index is 10.5. The molecule has 5 rings (SSSR count). The molecule has 7 heteroatoms. The topological polar surface area (TPSA) is 96.1 Å². The molecule has 1 aliphatic rings. The summed E-state index contributed by atoms with van der Waals surface area (Å²) in [6, 6.07) is 19.6. The summed E-state index contributed by atoms with van der Waals surface area (Å²) in [5.41, 5.74) is 3.33. The minimum Gasteiger partial charge on any atom is -0.390 e. The van der Waals surface area contributed by atoms with E-state index in [1.165, 1.54) is 5.56 Å². The molecule has 0 aliphatic heterocycles.